The van der Waals surface area contributed by atoms with Gasteiger partial charge in [-0.25, -0.2) is 0 Å². The van der Waals surface area contributed by atoms with Crippen LogP contribution in [-0.4, -0.2) is 0 Å². The Balaban J connectivity index is 1.41. The van der Waals surface area contributed by atoms with Gasteiger partial charge >= 0.3 is 0 Å². The van der Waals surface area contributed by atoms with Crippen molar-refractivity contribution in [2.75, 3.05) is 10.6 Å². The third kappa shape index (κ3) is 3.51. The zero-order valence-electron chi connectivity index (χ0n) is 22.2. The molecule has 8 rings (SSSR count). The van der Waals surface area contributed by atoms with Gasteiger partial charge in [-0.2, -0.15) is 0 Å². The highest BCUT2D eigenvalue weighted by Gasteiger charge is 2.52. The van der Waals surface area contributed by atoms with Crippen LogP contribution in [-0.2, 0) is 5.41 Å². The van der Waals surface area contributed by atoms with E-state index in [-0.39, 0.29) is 0 Å². The van der Waals surface area contributed by atoms with Gasteiger partial charge in [-0.15, -0.1) is 0 Å². The Morgan fingerprint density at radius 1 is 0.537 bits per heavy atom. The number of nitrogens with one attached hydrogen (secondary N) is 2. The minimum Gasteiger partial charge on any atom is -0.354 e. The number of fused-ring (bicyclic) bond motifs is 10. The first-order valence-corrected chi connectivity index (χ1v) is 14.7. The van der Waals surface area contributed by atoms with Gasteiger partial charge in [0.1, 0.15) is 0 Å². The molecule has 1 spiro atoms. The zero-order valence-corrected chi connectivity index (χ0v) is 23.7. The summed E-state index contributed by atoms with van der Waals surface area (Å²) in [5, 5.41) is 8.95. The zero-order chi connectivity index (χ0) is 27.6. The number of hydrogen-bond donors (Lipinski definition) is 2. The van der Waals surface area contributed by atoms with Crippen molar-refractivity contribution in [3.8, 4) is 22.3 Å². The normalized spacial score (nSPS) is 17.7. The average Bonchev–Trinajstić information content (AvgIpc) is 3.48. The molecule has 0 amide bonds. The summed E-state index contributed by atoms with van der Waals surface area (Å²) < 4.78 is 0. The van der Waals surface area contributed by atoms with Gasteiger partial charge in [-0.05, 0) is 76.6 Å². The Bertz CT molecular complexity index is 1940. The van der Waals surface area contributed by atoms with Crippen molar-refractivity contribution >= 4 is 40.3 Å². The number of hydrogen-bond acceptors (Lipinski definition) is 2. The van der Waals surface area contributed by atoms with E-state index >= 15 is 0 Å². The van der Waals surface area contributed by atoms with E-state index < -0.39 is 5.41 Å². The number of rotatable bonds is 4. The van der Waals surface area contributed by atoms with Crippen molar-refractivity contribution in [1.82, 2.24) is 0 Å². The monoisotopic (exact) mass is 568 g/mol. The predicted molar refractivity (Wildman–Crippen MR) is 172 cm³/mol. The molecule has 5 aromatic rings. The molecule has 0 saturated heterocycles. The molecule has 5 aromatic carbocycles. The molecule has 0 heterocycles. The molecule has 1 atom stereocenters. The predicted octanol–water partition coefficient (Wildman–Crippen LogP) is 10.6. The fraction of sp³-hybridized carbons (Fsp3) is 0.0811. The summed E-state index contributed by atoms with van der Waals surface area (Å²) in [4.78, 5) is 0. The van der Waals surface area contributed by atoms with Crippen LogP contribution in [0.1, 0.15) is 35.1 Å². The van der Waals surface area contributed by atoms with Crippen LogP contribution in [0.5, 0.6) is 0 Å². The summed E-state index contributed by atoms with van der Waals surface area (Å²) in [5.74, 6) is 0. The molecule has 4 heteroatoms. The topological polar surface area (TPSA) is 24.1 Å². The molecule has 2 N–H and O–H groups in total. The van der Waals surface area contributed by atoms with Gasteiger partial charge in [0.2, 0.25) is 0 Å². The number of benzene rings is 5. The van der Waals surface area contributed by atoms with Crippen molar-refractivity contribution in [3.05, 3.63) is 159 Å². The first-order valence-electron chi connectivity index (χ1n) is 14.0. The highest BCUT2D eigenvalue weighted by atomic mass is 35.5. The van der Waals surface area contributed by atoms with E-state index in [1.54, 1.807) is 0 Å². The lowest BCUT2D eigenvalue weighted by Crippen LogP contribution is -2.25. The maximum absolute atomic E-state index is 6.68. The van der Waals surface area contributed by atoms with Gasteiger partial charge in [0.25, 0.3) is 0 Å². The van der Waals surface area contributed by atoms with Crippen LogP contribution in [0.3, 0.4) is 0 Å². The minimum atomic E-state index is -0.450. The molecule has 0 saturated carbocycles. The summed E-state index contributed by atoms with van der Waals surface area (Å²) in [7, 11) is 0. The van der Waals surface area contributed by atoms with Gasteiger partial charge in [0, 0.05) is 27.5 Å². The molecule has 3 aliphatic carbocycles. The smallest absolute Gasteiger partial charge is 0.0727 e. The molecule has 3 aliphatic rings. The lowest BCUT2D eigenvalue weighted by Gasteiger charge is -2.30. The number of allylic oxidation sites excluding steroid dienone is 3. The number of halogens is 2. The van der Waals surface area contributed by atoms with Crippen molar-refractivity contribution < 1.29 is 0 Å². The molecule has 198 valence electrons. The third-order valence-corrected chi connectivity index (χ3v) is 9.38. The maximum atomic E-state index is 6.68. The molecule has 41 heavy (non-hydrogen) atoms. The Kier molecular flexibility index (Phi) is 5.63. The second-order valence-electron chi connectivity index (χ2n) is 10.8. The first kappa shape index (κ1) is 24.5. The van der Waals surface area contributed by atoms with Crippen LogP contribution >= 0.6 is 23.2 Å². The molecular weight excluding hydrogens is 543 g/mol. The van der Waals surface area contributed by atoms with E-state index in [0.717, 1.165) is 40.6 Å². The largest absolute Gasteiger partial charge is 0.354 e. The van der Waals surface area contributed by atoms with E-state index in [1.165, 1.54) is 44.5 Å². The van der Waals surface area contributed by atoms with E-state index in [9.17, 15) is 0 Å². The summed E-state index contributed by atoms with van der Waals surface area (Å²) in [6.45, 7) is 0. The van der Waals surface area contributed by atoms with Crippen molar-refractivity contribution in [3.63, 3.8) is 0 Å². The Morgan fingerprint density at radius 3 is 1.71 bits per heavy atom. The van der Waals surface area contributed by atoms with Gasteiger partial charge < -0.3 is 10.6 Å². The fourth-order valence-electron chi connectivity index (χ4n) is 7.04. The van der Waals surface area contributed by atoms with E-state index in [2.05, 4.69) is 108 Å². The van der Waals surface area contributed by atoms with Crippen LogP contribution in [0.25, 0.3) is 22.3 Å². The quantitative estimate of drug-likeness (QED) is 0.220. The standard InChI is InChI=1S/C37H26Cl2N2/c38-29-17-5-7-19-31(29)40-33-21-9-15-27-35(33)23-11-1-3-13-25(23)37(27)26-14-4-2-12-24(26)36-28(37)16-10-22-34(36)41-32-20-8-6-18-30(32)39/h1-5,7-17,19-22,40-41H,6,18H2. The minimum absolute atomic E-state index is 0.450. The number of para-hydroxylation sites is 1. The van der Waals surface area contributed by atoms with Crippen LogP contribution < -0.4 is 10.6 Å². The van der Waals surface area contributed by atoms with E-state index in [1.807, 2.05) is 24.3 Å². The SMILES string of the molecule is ClC1=C(Nc2cccc3c2-c2ccccc2C32c3ccccc3-c3c(Nc4ccccc4Cl)cccc32)C=CCC1. The average molecular weight is 570 g/mol. The molecule has 0 radical (unpaired) electrons. The van der Waals surface area contributed by atoms with Gasteiger partial charge in [-0.1, -0.05) is 114 Å². The summed E-state index contributed by atoms with van der Waals surface area (Å²) in [5.41, 5.74) is 13.6. The molecule has 0 aromatic heterocycles. The lowest BCUT2D eigenvalue weighted by molar-refractivity contribution is 0.794. The van der Waals surface area contributed by atoms with E-state index in [4.69, 9.17) is 23.2 Å². The molecule has 0 aliphatic heterocycles. The highest BCUT2D eigenvalue weighted by molar-refractivity contribution is 6.33. The second kappa shape index (κ2) is 9.41. The lowest BCUT2D eigenvalue weighted by atomic mass is 9.70. The molecular formula is C37H26Cl2N2. The van der Waals surface area contributed by atoms with Crippen LogP contribution in [0.2, 0.25) is 5.02 Å². The molecule has 0 bridgehead atoms. The van der Waals surface area contributed by atoms with Gasteiger partial charge in [0.15, 0.2) is 0 Å². The Hall–Kier alpha value is -4.24. The first-order chi connectivity index (χ1) is 20.2. The third-order valence-electron chi connectivity index (χ3n) is 8.66. The van der Waals surface area contributed by atoms with Crippen LogP contribution in [0.4, 0.5) is 17.1 Å². The Labute approximate surface area is 250 Å². The maximum Gasteiger partial charge on any atom is 0.0727 e. The molecule has 2 nitrogen and oxygen atoms in total. The van der Waals surface area contributed by atoms with Crippen molar-refractivity contribution in [1.29, 1.82) is 0 Å². The van der Waals surface area contributed by atoms with Crippen LogP contribution in [0.15, 0.2) is 132 Å². The highest BCUT2D eigenvalue weighted by Crippen LogP contribution is 2.65. The summed E-state index contributed by atoms with van der Waals surface area (Å²) in [6, 6.07) is 38.9. The van der Waals surface area contributed by atoms with Crippen LogP contribution in [0, 0.1) is 0 Å². The second-order valence-corrected chi connectivity index (χ2v) is 11.7. The summed E-state index contributed by atoms with van der Waals surface area (Å²) in [6.07, 6.45) is 6.12. The number of anilines is 3. The molecule has 0 fully saturated rings. The van der Waals surface area contributed by atoms with Gasteiger partial charge in [0.05, 0.1) is 21.8 Å². The van der Waals surface area contributed by atoms with Crippen molar-refractivity contribution in [2.45, 2.75) is 18.3 Å². The van der Waals surface area contributed by atoms with Crippen molar-refractivity contribution in [2.24, 2.45) is 0 Å². The summed E-state index contributed by atoms with van der Waals surface area (Å²) >= 11 is 13.3. The Morgan fingerprint density at radius 2 is 1.07 bits per heavy atom. The molecule has 1 unspecified atom stereocenters. The van der Waals surface area contributed by atoms with E-state index in [0.29, 0.717) is 5.02 Å². The van der Waals surface area contributed by atoms with Gasteiger partial charge in [-0.3, -0.25) is 0 Å². The fourth-order valence-corrected chi connectivity index (χ4v) is 7.45.